The van der Waals surface area contributed by atoms with Crippen molar-refractivity contribution in [3.05, 3.63) is 51.5 Å². The predicted molar refractivity (Wildman–Crippen MR) is 58.0 cm³/mol. The summed E-state index contributed by atoms with van der Waals surface area (Å²) in [4.78, 5) is 18.1. The highest BCUT2D eigenvalue weighted by Gasteiger charge is 2.06. The highest BCUT2D eigenvalue weighted by molar-refractivity contribution is 9.10. The molecular formula is C10H7BrN2O. The molecule has 4 heteroatoms. The molecule has 0 aliphatic carbocycles. The monoisotopic (exact) mass is 250 g/mol. The normalized spacial score (nSPS) is 10.1. The molecule has 1 aromatic heterocycles. The average Bonchev–Trinajstić information content (AvgIpc) is 2.20. The van der Waals surface area contributed by atoms with Gasteiger partial charge < -0.3 is 4.98 Å². The van der Waals surface area contributed by atoms with Gasteiger partial charge in [-0.25, -0.2) is 4.98 Å². The Bertz CT molecular complexity index is 507. The first kappa shape index (κ1) is 9.15. The summed E-state index contributed by atoms with van der Waals surface area (Å²) in [7, 11) is 0. The highest BCUT2D eigenvalue weighted by Crippen LogP contribution is 2.23. The molecule has 14 heavy (non-hydrogen) atoms. The second kappa shape index (κ2) is 3.75. The number of rotatable bonds is 1. The van der Waals surface area contributed by atoms with Crippen LogP contribution in [0.5, 0.6) is 0 Å². The number of H-pyrrole nitrogens is 1. The van der Waals surface area contributed by atoms with Gasteiger partial charge in [0.15, 0.2) is 0 Å². The van der Waals surface area contributed by atoms with E-state index in [9.17, 15) is 4.79 Å². The van der Waals surface area contributed by atoms with E-state index < -0.39 is 0 Å². The Morgan fingerprint density at radius 3 is 2.79 bits per heavy atom. The first-order valence-electron chi connectivity index (χ1n) is 4.07. The summed E-state index contributed by atoms with van der Waals surface area (Å²) < 4.78 is 0.865. The van der Waals surface area contributed by atoms with Gasteiger partial charge in [-0.2, -0.15) is 0 Å². The highest BCUT2D eigenvalue weighted by atomic mass is 79.9. The van der Waals surface area contributed by atoms with E-state index in [4.69, 9.17) is 0 Å². The molecule has 0 spiro atoms. The lowest BCUT2D eigenvalue weighted by molar-refractivity contribution is 1.14. The summed E-state index contributed by atoms with van der Waals surface area (Å²) >= 11 is 3.37. The maximum absolute atomic E-state index is 11.4. The van der Waals surface area contributed by atoms with E-state index in [0.29, 0.717) is 5.69 Å². The summed E-state index contributed by atoms with van der Waals surface area (Å²) in [5.74, 6) is 0. The van der Waals surface area contributed by atoms with E-state index in [2.05, 4.69) is 25.9 Å². The molecule has 2 aromatic rings. The summed E-state index contributed by atoms with van der Waals surface area (Å²) in [6, 6.07) is 7.49. The first-order chi connectivity index (χ1) is 6.79. The summed E-state index contributed by atoms with van der Waals surface area (Å²) in [6.45, 7) is 0. The van der Waals surface area contributed by atoms with E-state index in [-0.39, 0.29) is 5.56 Å². The first-order valence-corrected chi connectivity index (χ1v) is 4.87. The number of aromatic nitrogens is 2. The average molecular weight is 251 g/mol. The third-order valence-electron chi connectivity index (χ3n) is 1.84. The van der Waals surface area contributed by atoms with Crippen molar-refractivity contribution in [1.82, 2.24) is 9.97 Å². The molecule has 70 valence electrons. The van der Waals surface area contributed by atoms with Gasteiger partial charge in [0, 0.05) is 22.4 Å². The number of halogens is 1. The number of hydrogen-bond acceptors (Lipinski definition) is 2. The molecule has 0 aliphatic heterocycles. The maximum Gasteiger partial charge on any atom is 0.274 e. The lowest BCUT2D eigenvalue weighted by Gasteiger charge is -2.00. The van der Waals surface area contributed by atoms with E-state index in [1.54, 1.807) is 6.20 Å². The molecule has 1 N–H and O–H groups in total. The van der Waals surface area contributed by atoms with Gasteiger partial charge in [0.25, 0.3) is 5.56 Å². The Morgan fingerprint density at radius 1 is 1.29 bits per heavy atom. The van der Waals surface area contributed by atoms with Gasteiger partial charge in [-0.15, -0.1) is 0 Å². The fraction of sp³-hybridized carbons (Fsp3) is 0. The Morgan fingerprint density at radius 2 is 2.07 bits per heavy atom. The predicted octanol–water partition coefficient (Wildman–Crippen LogP) is 2.20. The van der Waals surface area contributed by atoms with Crippen molar-refractivity contribution < 1.29 is 0 Å². The summed E-state index contributed by atoms with van der Waals surface area (Å²) in [5.41, 5.74) is 1.05. The van der Waals surface area contributed by atoms with Crippen LogP contribution in [0, 0.1) is 0 Å². The topological polar surface area (TPSA) is 45.8 Å². The zero-order valence-corrected chi connectivity index (χ0v) is 8.78. The third kappa shape index (κ3) is 1.61. The minimum atomic E-state index is -0.181. The quantitative estimate of drug-likeness (QED) is 0.844. The number of aromatic amines is 1. The Kier molecular flexibility index (Phi) is 2.45. The maximum atomic E-state index is 11.4. The van der Waals surface area contributed by atoms with Crippen LogP contribution >= 0.6 is 15.9 Å². The van der Waals surface area contributed by atoms with Crippen molar-refractivity contribution in [1.29, 1.82) is 0 Å². The summed E-state index contributed by atoms with van der Waals surface area (Å²) in [6.07, 6.45) is 3.08. The molecule has 0 atom stereocenters. The largest absolute Gasteiger partial charge is 0.326 e. The van der Waals surface area contributed by atoms with Gasteiger partial charge >= 0.3 is 0 Å². The molecule has 3 nitrogen and oxygen atoms in total. The van der Waals surface area contributed by atoms with Crippen LogP contribution in [-0.2, 0) is 0 Å². The number of hydrogen-bond donors (Lipinski definition) is 1. The van der Waals surface area contributed by atoms with Crippen molar-refractivity contribution in [2.45, 2.75) is 0 Å². The molecule has 0 radical (unpaired) electrons. The molecule has 2 rings (SSSR count). The van der Waals surface area contributed by atoms with Crippen LogP contribution in [0.15, 0.2) is 45.9 Å². The van der Waals surface area contributed by atoms with Gasteiger partial charge in [-0.3, -0.25) is 4.79 Å². The molecular weight excluding hydrogens is 244 g/mol. The number of nitrogens with one attached hydrogen (secondary N) is 1. The molecule has 0 saturated carbocycles. The van der Waals surface area contributed by atoms with Crippen molar-refractivity contribution in [2.24, 2.45) is 0 Å². The van der Waals surface area contributed by atoms with Gasteiger partial charge in [0.2, 0.25) is 0 Å². The van der Waals surface area contributed by atoms with Crippen molar-refractivity contribution in [2.75, 3.05) is 0 Å². The van der Waals surface area contributed by atoms with Crippen LogP contribution in [0.2, 0.25) is 0 Å². The summed E-state index contributed by atoms with van der Waals surface area (Å²) in [5, 5.41) is 0. The van der Waals surface area contributed by atoms with Gasteiger partial charge in [0.1, 0.15) is 5.69 Å². The molecule has 1 aromatic carbocycles. The second-order valence-corrected chi connectivity index (χ2v) is 3.60. The van der Waals surface area contributed by atoms with Gasteiger partial charge in [-0.1, -0.05) is 34.1 Å². The zero-order valence-electron chi connectivity index (χ0n) is 7.20. The van der Waals surface area contributed by atoms with E-state index in [1.165, 1.54) is 6.20 Å². The van der Waals surface area contributed by atoms with Crippen LogP contribution in [0.3, 0.4) is 0 Å². The van der Waals surface area contributed by atoms with Crippen LogP contribution in [0.4, 0.5) is 0 Å². The Hall–Kier alpha value is -1.42. The molecule has 0 fully saturated rings. The smallest absolute Gasteiger partial charge is 0.274 e. The van der Waals surface area contributed by atoms with Crippen molar-refractivity contribution in [3.63, 3.8) is 0 Å². The van der Waals surface area contributed by atoms with Gasteiger partial charge in [-0.05, 0) is 6.07 Å². The zero-order chi connectivity index (χ0) is 9.97. The standard InChI is InChI=1S/C10H7BrN2O/c11-8-4-2-1-3-7(8)9-10(14)13-6-5-12-9/h1-6H,(H,13,14). The second-order valence-electron chi connectivity index (χ2n) is 2.75. The molecule has 1 heterocycles. The molecule has 0 bridgehead atoms. The van der Waals surface area contributed by atoms with Crippen LogP contribution < -0.4 is 5.56 Å². The van der Waals surface area contributed by atoms with Gasteiger partial charge in [0.05, 0.1) is 0 Å². The Labute approximate surface area is 89.0 Å². The fourth-order valence-electron chi connectivity index (χ4n) is 1.20. The molecule has 0 saturated heterocycles. The fourth-order valence-corrected chi connectivity index (χ4v) is 1.67. The van der Waals surface area contributed by atoms with Crippen LogP contribution in [-0.4, -0.2) is 9.97 Å². The lowest BCUT2D eigenvalue weighted by atomic mass is 10.2. The third-order valence-corrected chi connectivity index (χ3v) is 2.53. The van der Waals surface area contributed by atoms with Crippen molar-refractivity contribution >= 4 is 15.9 Å². The van der Waals surface area contributed by atoms with E-state index in [1.807, 2.05) is 24.3 Å². The molecule has 0 aliphatic rings. The molecule has 0 amide bonds. The van der Waals surface area contributed by atoms with E-state index >= 15 is 0 Å². The van der Waals surface area contributed by atoms with E-state index in [0.717, 1.165) is 10.0 Å². The lowest BCUT2D eigenvalue weighted by Crippen LogP contribution is -2.09. The van der Waals surface area contributed by atoms with Crippen LogP contribution in [0.1, 0.15) is 0 Å². The molecule has 0 unspecified atom stereocenters. The number of nitrogens with zero attached hydrogens (tertiary/aromatic N) is 1. The number of benzene rings is 1. The SMILES string of the molecule is O=c1[nH]ccnc1-c1ccccc1Br. The van der Waals surface area contributed by atoms with Crippen LogP contribution in [0.25, 0.3) is 11.3 Å². The van der Waals surface area contributed by atoms with Crippen molar-refractivity contribution in [3.8, 4) is 11.3 Å². The minimum Gasteiger partial charge on any atom is -0.326 e. The Balaban J connectivity index is 2.67. The minimum absolute atomic E-state index is 0.181.